The first kappa shape index (κ1) is 17.3. The van der Waals surface area contributed by atoms with E-state index >= 15 is 0 Å². The predicted octanol–water partition coefficient (Wildman–Crippen LogP) is 4.62. The lowest BCUT2D eigenvalue weighted by Crippen LogP contribution is -2.37. The van der Waals surface area contributed by atoms with E-state index in [1.54, 1.807) is 16.7 Å². The molecule has 2 aromatic heterocycles. The van der Waals surface area contributed by atoms with Gasteiger partial charge in [-0.3, -0.25) is 4.79 Å². The van der Waals surface area contributed by atoms with Gasteiger partial charge in [0.15, 0.2) is 17.6 Å². The Morgan fingerprint density at radius 2 is 2.04 bits per heavy atom. The van der Waals surface area contributed by atoms with Gasteiger partial charge >= 0.3 is 6.18 Å². The van der Waals surface area contributed by atoms with Crippen molar-refractivity contribution in [3.05, 3.63) is 52.0 Å². The van der Waals surface area contributed by atoms with Crippen LogP contribution in [0.5, 0.6) is 0 Å². The van der Waals surface area contributed by atoms with E-state index in [0.29, 0.717) is 10.4 Å². The SMILES string of the molecule is O=C(Cn1c2[n+](c3ccc(C(F)(F)F)cc31)CCCCC2)c1cccs1. The fourth-order valence-electron chi connectivity index (χ4n) is 3.65. The monoisotopic (exact) mass is 379 g/mol. The number of thiophene rings is 1. The van der Waals surface area contributed by atoms with Crippen molar-refractivity contribution in [2.45, 2.75) is 44.9 Å². The molecule has 0 radical (unpaired) electrons. The Labute approximate surface area is 152 Å². The number of fused-ring (bicyclic) bond motifs is 3. The van der Waals surface area contributed by atoms with Crippen LogP contribution in [0.1, 0.15) is 40.3 Å². The number of halogens is 3. The minimum atomic E-state index is -4.40. The molecule has 0 unspecified atom stereocenters. The summed E-state index contributed by atoms with van der Waals surface area (Å²) in [6.07, 6.45) is -0.564. The zero-order chi connectivity index (χ0) is 18.3. The van der Waals surface area contributed by atoms with E-state index < -0.39 is 11.7 Å². The normalized spacial score (nSPS) is 15.0. The van der Waals surface area contributed by atoms with E-state index in [2.05, 4.69) is 4.57 Å². The fraction of sp³-hybridized carbons (Fsp3) is 0.368. The van der Waals surface area contributed by atoms with Crippen LogP contribution < -0.4 is 4.57 Å². The number of hydrogen-bond donors (Lipinski definition) is 0. The number of Topliss-reactive ketones (excluding diaryl/α,β-unsaturated/α-hetero) is 1. The Balaban J connectivity index is 1.87. The summed E-state index contributed by atoms with van der Waals surface area (Å²) in [7, 11) is 0. The van der Waals surface area contributed by atoms with Gasteiger partial charge < -0.3 is 0 Å². The molecule has 0 bridgehead atoms. The van der Waals surface area contributed by atoms with Gasteiger partial charge in [-0.2, -0.15) is 13.2 Å². The number of imidazole rings is 1. The molecule has 3 aromatic rings. The summed E-state index contributed by atoms with van der Waals surface area (Å²) < 4.78 is 43.5. The minimum Gasteiger partial charge on any atom is -0.289 e. The molecule has 1 aliphatic heterocycles. The van der Waals surface area contributed by atoms with E-state index in [1.165, 1.54) is 17.4 Å². The van der Waals surface area contributed by atoms with Crippen LogP contribution in [0.2, 0.25) is 0 Å². The summed E-state index contributed by atoms with van der Waals surface area (Å²) in [5.74, 6) is 0.878. The van der Waals surface area contributed by atoms with Crippen molar-refractivity contribution in [2.24, 2.45) is 0 Å². The van der Waals surface area contributed by atoms with Gasteiger partial charge in [-0.15, -0.1) is 11.3 Å². The van der Waals surface area contributed by atoms with Crippen molar-refractivity contribution in [3.8, 4) is 0 Å². The van der Waals surface area contributed by atoms with Crippen molar-refractivity contribution in [1.29, 1.82) is 0 Å². The number of rotatable bonds is 3. The Kier molecular flexibility index (Phi) is 4.34. The molecule has 4 rings (SSSR count). The standard InChI is InChI=1S/C19H18F3N2OS/c20-19(21,22)13-7-8-14-15(11-13)24(12-16(25)17-5-4-10-26-17)18-6-2-1-3-9-23(14)18/h4-5,7-8,10-11H,1-3,6,9,12H2/q+1. The van der Waals surface area contributed by atoms with E-state index in [1.807, 2.05) is 11.4 Å². The van der Waals surface area contributed by atoms with E-state index in [4.69, 9.17) is 0 Å². The number of carbonyl (C=O) groups is 1. The van der Waals surface area contributed by atoms with Crippen molar-refractivity contribution >= 4 is 28.2 Å². The Morgan fingerprint density at radius 1 is 1.19 bits per heavy atom. The molecule has 1 aliphatic rings. The number of nitrogens with zero attached hydrogens (tertiary/aromatic N) is 2. The number of alkyl halides is 3. The van der Waals surface area contributed by atoms with E-state index in [9.17, 15) is 18.0 Å². The topological polar surface area (TPSA) is 25.9 Å². The highest BCUT2D eigenvalue weighted by atomic mass is 32.1. The molecule has 1 aromatic carbocycles. The first-order valence-corrected chi connectivity index (χ1v) is 9.52. The maximum atomic E-state index is 13.2. The molecule has 0 spiro atoms. The molecule has 0 saturated carbocycles. The maximum absolute atomic E-state index is 13.2. The third-order valence-corrected chi connectivity index (χ3v) is 5.80. The summed E-state index contributed by atoms with van der Waals surface area (Å²) in [4.78, 5) is 13.3. The summed E-state index contributed by atoms with van der Waals surface area (Å²) in [6, 6.07) is 7.41. The Bertz CT molecular complexity index is 957. The van der Waals surface area contributed by atoms with Crippen LogP contribution in [0.3, 0.4) is 0 Å². The third kappa shape index (κ3) is 3.05. The Morgan fingerprint density at radius 3 is 2.77 bits per heavy atom. The van der Waals surface area contributed by atoms with Crippen molar-refractivity contribution in [3.63, 3.8) is 0 Å². The molecular weight excluding hydrogens is 361 g/mol. The second-order valence-electron chi connectivity index (χ2n) is 6.57. The first-order valence-electron chi connectivity index (χ1n) is 8.64. The van der Waals surface area contributed by atoms with E-state index in [-0.39, 0.29) is 12.3 Å². The number of aromatic nitrogens is 2. The van der Waals surface area contributed by atoms with Gasteiger partial charge in [-0.05, 0) is 42.8 Å². The molecule has 0 atom stereocenters. The number of benzene rings is 1. The first-order chi connectivity index (χ1) is 12.4. The summed E-state index contributed by atoms with van der Waals surface area (Å²) in [5, 5.41) is 1.83. The molecule has 26 heavy (non-hydrogen) atoms. The van der Waals surface area contributed by atoms with Gasteiger partial charge in [-0.25, -0.2) is 9.13 Å². The van der Waals surface area contributed by atoms with Gasteiger partial charge in [0.25, 0.3) is 5.82 Å². The summed E-state index contributed by atoms with van der Waals surface area (Å²) in [5.41, 5.74) is 0.582. The van der Waals surface area contributed by atoms with Crippen molar-refractivity contribution in [2.75, 3.05) is 0 Å². The molecule has 7 heteroatoms. The molecule has 0 N–H and O–H groups in total. The number of hydrogen-bond acceptors (Lipinski definition) is 2. The van der Waals surface area contributed by atoms with Crippen LogP contribution >= 0.6 is 11.3 Å². The molecule has 0 saturated heterocycles. The van der Waals surface area contributed by atoms with E-state index in [0.717, 1.165) is 49.6 Å². The van der Waals surface area contributed by atoms with Crippen LogP contribution in [0, 0.1) is 0 Å². The van der Waals surface area contributed by atoms with Gasteiger partial charge in [0.1, 0.15) is 0 Å². The van der Waals surface area contributed by atoms with Crippen LogP contribution in [-0.4, -0.2) is 10.4 Å². The van der Waals surface area contributed by atoms with Gasteiger partial charge in [-0.1, -0.05) is 6.07 Å². The zero-order valence-electron chi connectivity index (χ0n) is 14.1. The van der Waals surface area contributed by atoms with Crippen molar-refractivity contribution in [1.82, 2.24) is 4.57 Å². The Hall–Kier alpha value is -2.15. The second kappa shape index (κ2) is 6.54. The minimum absolute atomic E-state index is 0.0676. The lowest BCUT2D eigenvalue weighted by atomic mass is 10.1. The quantitative estimate of drug-likeness (QED) is 0.482. The molecule has 3 heterocycles. The van der Waals surface area contributed by atoms with Crippen LogP contribution in [0.25, 0.3) is 11.0 Å². The highest BCUT2D eigenvalue weighted by Crippen LogP contribution is 2.32. The summed E-state index contributed by atoms with van der Waals surface area (Å²) in [6.45, 7) is 0.845. The zero-order valence-corrected chi connectivity index (χ0v) is 14.9. The molecule has 0 aliphatic carbocycles. The highest BCUT2D eigenvalue weighted by molar-refractivity contribution is 7.12. The lowest BCUT2D eigenvalue weighted by Gasteiger charge is -2.06. The number of aryl methyl sites for hydroxylation is 1. The third-order valence-electron chi connectivity index (χ3n) is 4.89. The smallest absolute Gasteiger partial charge is 0.289 e. The summed E-state index contributed by atoms with van der Waals surface area (Å²) >= 11 is 1.36. The average molecular weight is 379 g/mol. The highest BCUT2D eigenvalue weighted by Gasteiger charge is 2.34. The molecule has 0 fully saturated rings. The van der Waals surface area contributed by atoms with Crippen LogP contribution in [0.4, 0.5) is 13.2 Å². The van der Waals surface area contributed by atoms with Crippen LogP contribution in [0.15, 0.2) is 35.7 Å². The average Bonchev–Trinajstić information content (AvgIpc) is 3.15. The van der Waals surface area contributed by atoms with Gasteiger partial charge in [0.05, 0.1) is 17.0 Å². The molecule has 136 valence electrons. The van der Waals surface area contributed by atoms with Crippen molar-refractivity contribution < 1.29 is 22.5 Å². The second-order valence-corrected chi connectivity index (χ2v) is 7.51. The van der Waals surface area contributed by atoms with Gasteiger partial charge in [0, 0.05) is 12.5 Å². The largest absolute Gasteiger partial charge is 0.416 e. The van der Waals surface area contributed by atoms with Gasteiger partial charge in [0.2, 0.25) is 5.78 Å². The maximum Gasteiger partial charge on any atom is 0.416 e. The molecular formula is C19H18F3N2OS+. The lowest BCUT2D eigenvalue weighted by molar-refractivity contribution is -0.678. The number of carbonyl (C=O) groups excluding carboxylic acids is 1. The molecule has 0 amide bonds. The predicted molar refractivity (Wildman–Crippen MR) is 93.3 cm³/mol. The molecule has 3 nitrogen and oxygen atoms in total. The fourth-order valence-corrected chi connectivity index (χ4v) is 4.31. The van der Waals surface area contributed by atoms with Crippen LogP contribution in [-0.2, 0) is 25.7 Å². The number of ketones is 1.